The third-order valence-corrected chi connectivity index (χ3v) is 5.69. The summed E-state index contributed by atoms with van der Waals surface area (Å²) in [6.45, 7) is 19.5. The van der Waals surface area contributed by atoms with Crippen LogP contribution in [0.25, 0.3) is 0 Å². The minimum absolute atomic E-state index is 0.881. The first-order valence-electron chi connectivity index (χ1n) is 12.2. The van der Waals surface area contributed by atoms with Crippen LogP contribution in [0.15, 0.2) is 48.6 Å². The highest BCUT2D eigenvalue weighted by Crippen LogP contribution is 2.36. The molecule has 1 aromatic rings. The molecule has 1 unspecified atom stereocenters. The summed E-state index contributed by atoms with van der Waals surface area (Å²) >= 11 is 0. The first-order valence-corrected chi connectivity index (χ1v) is 12.2. The second-order valence-electron chi connectivity index (χ2n) is 9.23. The average molecular weight is 399 g/mol. The smallest absolute Gasteiger partial charge is 0.0205 e. The molecule has 3 atom stereocenters. The van der Waals surface area contributed by atoms with Gasteiger partial charge in [0, 0.05) is 0 Å². The van der Waals surface area contributed by atoms with Gasteiger partial charge >= 0.3 is 0 Å². The molecule has 0 aliphatic heterocycles. The van der Waals surface area contributed by atoms with E-state index in [4.69, 9.17) is 0 Å². The Balaban J connectivity index is 0.000000442. The van der Waals surface area contributed by atoms with E-state index in [0.717, 1.165) is 30.6 Å². The van der Waals surface area contributed by atoms with E-state index in [9.17, 15) is 0 Å². The third-order valence-electron chi connectivity index (χ3n) is 5.69. The maximum Gasteiger partial charge on any atom is -0.0205 e. The molecule has 0 aromatic heterocycles. The van der Waals surface area contributed by atoms with Gasteiger partial charge in [-0.2, -0.15) is 0 Å². The summed E-state index contributed by atoms with van der Waals surface area (Å²) in [5.41, 5.74) is 3.99. The summed E-state index contributed by atoms with van der Waals surface area (Å²) in [6.07, 6.45) is 16.5. The number of benzene rings is 1. The highest BCUT2D eigenvalue weighted by Gasteiger charge is 2.26. The first kappa shape index (κ1) is 27.7. The summed E-state index contributed by atoms with van der Waals surface area (Å²) < 4.78 is 0. The van der Waals surface area contributed by atoms with Crippen LogP contribution in [-0.4, -0.2) is 0 Å². The summed E-state index contributed by atoms with van der Waals surface area (Å²) in [5, 5.41) is 0. The van der Waals surface area contributed by atoms with Crippen LogP contribution in [0.3, 0.4) is 0 Å². The van der Waals surface area contributed by atoms with E-state index in [1.165, 1.54) is 61.6 Å². The molecule has 2 rings (SSSR count). The van der Waals surface area contributed by atoms with E-state index < -0.39 is 0 Å². The van der Waals surface area contributed by atoms with Crippen molar-refractivity contribution < 1.29 is 0 Å². The van der Waals surface area contributed by atoms with Crippen molar-refractivity contribution in [2.24, 2.45) is 17.8 Å². The second-order valence-corrected chi connectivity index (χ2v) is 9.23. The van der Waals surface area contributed by atoms with Crippen molar-refractivity contribution in [1.82, 2.24) is 0 Å². The molecular formula is C29H50. The van der Waals surface area contributed by atoms with Gasteiger partial charge in [-0.3, -0.25) is 0 Å². The lowest BCUT2D eigenvalue weighted by Crippen LogP contribution is -1.98. The standard InChI is InChI=1S/C12H16.C12H22.C5H12/c1-10(2)4-7-12-8-5-11(3)6-9-12;1-4-5-6-7-12-9-10(2)8-11(12)3;1-3-5-4-2/h5-6,8-9H,1,4,7H2,2-3H3;6-7,10-12H,4-5,8-9H2,1-3H3;3-5H2,1-2H3/b;7-6+;/t;10-,11+,12?;/m.0./s1. The first-order chi connectivity index (χ1) is 13.8. The van der Waals surface area contributed by atoms with Crippen molar-refractivity contribution >= 4 is 0 Å². The van der Waals surface area contributed by atoms with Crippen molar-refractivity contribution in [3.05, 3.63) is 59.7 Å². The highest BCUT2D eigenvalue weighted by atomic mass is 14.3. The van der Waals surface area contributed by atoms with Crippen LogP contribution >= 0.6 is 0 Å². The Morgan fingerprint density at radius 2 is 1.62 bits per heavy atom. The summed E-state index contributed by atoms with van der Waals surface area (Å²) in [6, 6.07) is 8.71. The quantitative estimate of drug-likeness (QED) is 0.382. The van der Waals surface area contributed by atoms with Crippen LogP contribution in [-0.2, 0) is 6.42 Å². The molecule has 29 heavy (non-hydrogen) atoms. The lowest BCUT2D eigenvalue weighted by Gasteiger charge is -2.08. The van der Waals surface area contributed by atoms with Crippen LogP contribution in [0.5, 0.6) is 0 Å². The van der Waals surface area contributed by atoms with Crippen LogP contribution in [0.1, 0.15) is 104 Å². The van der Waals surface area contributed by atoms with E-state index in [1.54, 1.807) is 0 Å². The Labute approximate surface area is 183 Å². The van der Waals surface area contributed by atoms with Crippen LogP contribution in [0.2, 0.25) is 0 Å². The van der Waals surface area contributed by atoms with Gasteiger partial charge in [0.1, 0.15) is 0 Å². The Hall–Kier alpha value is -1.30. The number of rotatable bonds is 8. The van der Waals surface area contributed by atoms with Gasteiger partial charge in [0.05, 0.1) is 0 Å². The van der Waals surface area contributed by atoms with Crippen molar-refractivity contribution in [2.75, 3.05) is 0 Å². The zero-order valence-electron chi connectivity index (χ0n) is 20.8. The predicted molar refractivity (Wildman–Crippen MR) is 135 cm³/mol. The normalized spacial score (nSPS) is 20.6. The zero-order valence-corrected chi connectivity index (χ0v) is 20.8. The Kier molecular flexibility index (Phi) is 16.8. The molecule has 0 N–H and O–H groups in total. The number of allylic oxidation sites excluding steroid dienone is 3. The molecule has 1 aliphatic carbocycles. The Bertz CT molecular complexity index is 532. The lowest BCUT2D eigenvalue weighted by atomic mass is 9.97. The number of hydrogen-bond acceptors (Lipinski definition) is 0. The monoisotopic (exact) mass is 398 g/mol. The minimum atomic E-state index is 0.881. The molecule has 1 aliphatic rings. The fourth-order valence-corrected chi connectivity index (χ4v) is 3.77. The molecule has 0 heterocycles. The summed E-state index contributed by atoms with van der Waals surface area (Å²) in [7, 11) is 0. The van der Waals surface area contributed by atoms with E-state index >= 15 is 0 Å². The number of hydrogen-bond donors (Lipinski definition) is 0. The van der Waals surface area contributed by atoms with Crippen LogP contribution < -0.4 is 0 Å². The maximum atomic E-state index is 3.89. The van der Waals surface area contributed by atoms with Crippen LogP contribution in [0.4, 0.5) is 0 Å². The topological polar surface area (TPSA) is 0 Å². The van der Waals surface area contributed by atoms with Crippen molar-refractivity contribution in [3.8, 4) is 0 Å². The highest BCUT2D eigenvalue weighted by molar-refractivity contribution is 5.21. The Morgan fingerprint density at radius 3 is 2.03 bits per heavy atom. The van der Waals surface area contributed by atoms with Gasteiger partial charge in [-0.05, 0) is 69.3 Å². The fraction of sp³-hybridized carbons (Fsp3) is 0.655. The van der Waals surface area contributed by atoms with Gasteiger partial charge in [-0.1, -0.05) is 108 Å². The molecule has 0 spiro atoms. The predicted octanol–water partition coefficient (Wildman–Crippen LogP) is 9.73. The maximum absolute atomic E-state index is 3.89. The second kappa shape index (κ2) is 17.5. The lowest BCUT2D eigenvalue weighted by molar-refractivity contribution is 0.501. The summed E-state index contributed by atoms with van der Waals surface area (Å²) in [5.74, 6) is 2.76. The SMILES string of the molecule is C=C(C)CCc1ccc(C)cc1.CCC/C=C/C1C[C@@H](C)C[C@H]1C.CCCCC. The minimum Gasteiger partial charge on any atom is -0.100 e. The molecule has 0 bridgehead atoms. The largest absolute Gasteiger partial charge is 0.100 e. The van der Waals surface area contributed by atoms with E-state index in [-0.39, 0.29) is 0 Å². The zero-order chi connectivity index (χ0) is 22.1. The third kappa shape index (κ3) is 15.2. The van der Waals surface area contributed by atoms with Crippen molar-refractivity contribution in [3.63, 3.8) is 0 Å². The molecule has 0 nitrogen and oxygen atoms in total. The van der Waals surface area contributed by atoms with Gasteiger partial charge in [-0.25, -0.2) is 0 Å². The fourth-order valence-electron chi connectivity index (χ4n) is 3.77. The molecular weight excluding hydrogens is 348 g/mol. The molecule has 0 amide bonds. The summed E-state index contributed by atoms with van der Waals surface area (Å²) in [4.78, 5) is 0. The molecule has 1 fully saturated rings. The van der Waals surface area contributed by atoms with Crippen LogP contribution in [0, 0.1) is 24.7 Å². The molecule has 1 aromatic carbocycles. The Morgan fingerprint density at radius 1 is 1.00 bits per heavy atom. The molecule has 166 valence electrons. The molecule has 1 saturated carbocycles. The van der Waals surface area contributed by atoms with E-state index in [0.29, 0.717) is 0 Å². The number of unbranched alkanes of at least 4 members (excludes halogenated alkanes) is 3. The van der Waals surface area contributed by atoms with E-state index in [2.05, 4.69) is 91.5 Å². The van der Waals surface area contributed by atoms with Crippen molar-refractivity contribution in [2.45, 2.75) is 106 Å². The number of aryl methyl sites for hydroxylation is 2. The molecule has 0 saturated heterocycles. The molecule has 0 heteroatoms. The average Bonchev–Trinajstić information content (AvgIpc) is 3.00. The van der Waals surface area contributed by atoms with Gasteiger partial charge in [0.15, 0.2) is 0 Å². The van der Waals surface area contributed by atoms with E-state index in [1.807, 2.05) is 0 Å². The van der Waals surface area contributed by atoms with Gasteiger partial charge in [0.25, 0.3) is 0 Å². The van der Waals surface area contributed by atoms with Gasteiger partial charge in [0.2, 0.25) is 0 Å². The van der Waals surface area contributed by atoms with Crippen molar-refractivity contribution in [1.29, 1.82) is 0 Å². The van der Waals surface area contributed by atoms with Gasteiger partial charge in [-0.15, -0.1) is 6.58 Å². The van der Waals surface area contributed by atoms with Gasteiger partial charge < -0.3 is 0 Å². The molecule has 0 radical (unpaired) electrons.